The van der Waals surface area contributed by atoms with Crippen LogP contribution in [0.15, 0.2) is 52.1 Å². The fourth-order valence-electron chi connectivity index (χ4n) is 2.70. The van der Waals surface area contributed by atoms with Crippen molar-refractivity contribution in [1.82, 2.24) is 10.6 Å². The molecule has 0 bridgehead atoms. The van der Waals surface area contributed by atoms with Gasteiger partial charge in [-0.05, 0) is 56.5 Å². The highest BCUT2D eigenvalue weighted by Gasteiger charge is 2.30. The molecule has 0 aliphatic heterocycles. The minimum absolute atomic E-state index is 0. The molecular weight excluding hydrogens is 522 g/mol. The van der Waals surface area contributed by atoms with Crippen molar-refractivity contribution in [3.05, 3.63) is 59.5 Å². The smallest absolute Gasteiger partial charge is 0.416 e. The Balaban J connectivity index is 0.00000480. The minimum Gasteiger partial charge on any atom is -0.469 e. The highest BCUT2D eigenvalue weighted by Crippen LogP contribution is 2.29. The van der Waals surface area contributed by atoms with Gasteiger partial charge in [-0.25, -0.2) is 4.99 Å². The Morgan fingerprint density at radius 2 is 1.87 bits per heavy atom. The SMILES string of the molecule is CC(C)OCCCCNC(=NCc1cccc(C(F)(F)F)c1)NCCc1ccco1.I. The molecule has 0 radical (unpaired) electrons. The number of alkyl halides is 3. The third-order valence-electron chi connectivity index (χ3n) is 4.23. The Morgan fingerprint density at radius 1 is 1.10 bits per heavy atom. The van der Waals surface area contributed by atoms with Gasteiger partial charge in [-0.3, -0.25) is 0 Å². The first-order chi connectivity index (χ1) is 14.3. The molecule has 0 aliphatic carbocycles. The summed E-state index contributed by atoms with van der Waals surface area (Å²) in [5.74, 6) is 1.41. The molecular formula is C22H31F3IN3O2. The highest BCUT2D eigenvalue weighted by molar-refractivity contribution is 14.0. The van der Waals surface area contributed by atoms with E-state index in [2.05, 4.69) is 15.6 Å². The monoisotopic (exact) mass is 553 g/mol. The molecule has 0 saturated heterocycles. The molecule has 0 atom stereocenters. The van der Waals surface area contributed by atoms with E-state index in [-0.39, 0.29) is 36.6 Å². The molecule has 0 aliphatic rings. The molecule has 1 aromatic carbocycles. The van der Waals surface area contributed by atoms with E-state index in [9.17, 15) is 13.2 Å². The van der Waals surface area contributed by atoms with Crippen molar-refractivity contribution in [3.8, 4) is 0 Å². The summed E-state index contributed by atoms with van der Waals surface area (Å²) < 4.78 is 49.6. The first-order valence-corrected chi connectivity index (χ1v) is 10.2. The van der Waals surface area contributed by atoms with Crippen LogP contribution in [0, 0.1) is 0 Å². The second kappa shape index (κ2) is 14.3. The van der Waals surface area contributed by atoms with Crippen LogP contribution in [0.1, 0.15) is 43.6 Å². The largest absolute Gasteiger partial charge is 0.469 e. The van der Waals surface area contributed by atoms with Crippen LogP contribution in [0.25, 0.3) is 0 Å². The zero-order chi connectivity index (χ0) is 21.8. The van der Waals surface area contributed by atoms with Gasteiger partial charge in [0, 0.05) is 26.1 Å². The number of hydrogen-bond donors (Lipinski definition) is 2. The zero-order valence-corrected chi connectivity index (χ0v) is 20.2. The molecule has 174 valence electrons. The summed E-state index contributed by atoms with van der Waals surface area (Å²) in [6.07, 6.45) is -0.0336. The van der Waals surface area contributed by atoms with Crippen LogP contribution in [0.2, 0.25) is 0 Å². The molecule has 0 spiro atoms. The maximum atomic E-state index is 12.9. The van der Waals surface area contributed by atoms with Gasteiger partial charge in [-0.1, -0.05) is 12.1 Å². The van der Waals surface area contributed by atoms with Crippen molar-refractivity contribution < 1.29 is 22.3 Å². The van der Waals surface area contributed by atoms with Gasteiger partial charge >= 0.3 is 6.18 Å². The van der Waals surface area contributed by atoms with Crippen molar-refractivity contribution in [2.45, 2.75) is 51.9 Å². The van der Waals surface area contributed by atoms with Crippen LogP contribution in [0.5, 0.6) is 0 Å². The van der Waals surface area contributed by atoms with E-state index in [1.54, 1.807) is 12.3 Å². The quantitative estimate of drug-likeness (QED) is 0.169. The van der Waals surface area contributed by atoms with Gasteiger partial charge in [0.05, 0.1) is 24.5 Å². The van der Waals surface area contributed by atoms with E-state index in [1.165, 1.54) is 6.07 Å². The summed E-state index contributed by atoms with van der Waals surface area (Å²) in [6, 6.07) is 8.96. The number of nitrogens with one attached hydrogen (secondary N) is 2. The predicted octanol–water partition coefficient (Wildman–Crippen LogP) is 5.40. The lowest BCUT2D eigenvalue weighted by atomic mass is 10.1. The lowest BCUT2D eigenvalue weighted by Crippen LogP contribution is -2.39. The van der Waals surface area contributed by atoms with Gasteiger partial charge in [-0.2, -0.15) is 13.2 Å². The summed E-state index contributed by atoms with van der Waals surface area (Å²) >= 11 is 0. The molecule has 0 fully saturated rings. The van der Waals surface area contributed by atoms with Gasteiger partial charge < -0.3 is 19.8 Å². The third-order valence-corrected chi connectivity index (χ3v) is 4.23. The van der Waals surface area contributed by atoms with Crippen molar-refractivity contribution >= 4 is 29.9 Å². The van der Waals surface area contributed by atoms with Gasteiger partial charge in [0.25, 0.3) is 0 Å². The van der Waals surface area contributed by atoms with Crippen molar-refractivity contribution in [2.24, 2.45) is 4.99 Å². The van der Waals surface area contributed by atoms with E-state index < -0.39 is 11.7 Å². The molecule has 0 saturated carbocycles. The molecule has 1 aromatic heterocycles. The number of hydrogen-bond acceptors (Lipinski definition) is 3. The van der Waals surface area contributed by atoms with Crippen molar-refractivity contribution in [2.75, 3.05) is 19.7 Å². The van der Waals surface area contributed by atoms with E-state index >= 15 is 0 Å². The summed E-state index contributed by atoms with van der Waals surface area (Å²) in [4.78, 5) is 4.45. The number of halogens is 4. The van der Waals surface area contributed by atoms with E-state index in [0.717, 1.165) is 30.7 Å². The first-order valence-electron chi connectivity index (χ1n) is 10.2. The number of furan rings is 1. The lowest BCUT2D eigenvalue weighted by molar-refractivity contribution is -0.137. The molecule has 2 N–H and O–H groups in total. The number of rotatable bonds is 11. The topological polar surface area (TPSA) is 58.8 Å². The average molecular weight is 553 g/mol. The van der Waals surface area contributed by atoms with Crippen LogP contribution in [-0.4, -0.2) is 31.8 Å². The minimum atomic E-state index is -4.36. The van der Waals surface area contributed by atoms with Gasteiger partial charge in [0.2, 0.25) is 0 Å². The fourth-order valence-corrected chi connectivity index (χ4v) is 2.70. The van der Waals surface area contributed by atoms with Crippen LogP contribution < -0.4 is 10.6 Å². The normalized spacial score (nSPS) is 12.0. The maximum absolute atomic E-state index is 12.9. The number of guanidine groups is 1. The van der Waals surface area contributed by atoms with E-state index in [0.29, 0.717) is 37.6 Å². The molecule has 5 nitrogen and oxygen atoms in total. The average Bonchev–Trinajstić information content (AvgIpc) is 3.21. The van der Waals surface area contributed by atoms with Gasteiger partial charge in [0.1, 0.15) is 5.76 Å². The van der Waals surface area contributed by atoms with Crippen LogP contribution in [0.4, 0.5) is 13.2 Å². The predicted molar refractivity (Wildman–Crippen MR) is 127 cm³/mol. The van der Waals surface area contributed by atoms with Crippen LogP contribution in [-0.2, 0) is 23.9 Å². The maximum Gasteiger partial charge on any atom is 0.416 e. The van der Waals surface area contributed by atoms with Crippen LogP contribution >= 0.6 is 24.0 Å². The molecule has 2 rings (SSSR count). The van der Waals surface area contributed by atoms with Gasteiger partial charge in [0.15, 0.2) is 5.96 Å². The van der Waals surface area contributed by atoms with E-state index in [1.807, 2.05) is 26.0 Å². The number of unbranched alkanes of at least 4 members (excludes halogenated alkanes) is 1. The number of benzene rings is 1. The second-order valence-corrected chi connectivity index (χ2v) is 7.17. The highest BCUT2D eigenvalue weighted by atomic mass is 127. The van der Waals surface area contributed by atoms with Gasteiger partial charge in [-0.15, -0.1) is 24.0 Å². The molecule has 2 aromatic rings. The first kappa shape index (κ1) is 27.3. The number of ether oxygens (including phenoxy) is 1. The molecule has 1 heterocycles. The van der Waals surface area contributed by atoms with Crippen LogP contribution in [0.3, 0.4) is 0 Å². The molecule has 9 heteroatoms. The fraction of sp³-hybridized carbons (Fsp3) is 0.500. The Labute approximate surface area is 198 Å². The van der Waals surface area contributed by atoms with Crippen molar-refractivity contribution in [3.63, 3.8) is 0 Å². The third kappa shape index (κ3) is 11.4. The second-order valence-electron chi connectivity index (χ2n) is 7.17. The summed E-state index contributed by atoms with van der Waals surface area (Å²) in [5.41, 5.74) is -0.164. The summed E-state index contributed by atoms with van der Waals surface area (Å²) in [5, 5.41) is 6.44. The Hall–Kier alpha value is -1.75. The summed E-state index contributed by atoms with van der Waals surface area (Å²) in [6.45, 7) is 6.13. The Morgan fingerprint density at radius 3 is 2.55 bits per heavy atom. The van der Waals surface area contributed by atoms with E-state index in [4.69, 9.17) is 9.15 Å². The standard InChI is InChI=1S/C22H30F3N3O2.HI/c1-17(2)29-13-4-3-11-26-21(27-12-10-20-9-6-14-30-20)28-16-18-7-5-8-19(15-18)22(23,24)25;/h5-9,14-15,17H,3-4,10-13,16H2,1-2H3,(H2,26,27,28);1H. The Kier molecular flexibility index (Phi) is 12.6. The zero-order valence-electron chi connectivity index (χ0n) is 17.9. The number of nitrogens with zero attached hydrogens (tertiary/aromatic N) is 1. The lowest BCUT2D eigenvalue weighted by Gasteiger charge is -2.13. The number of aliphatic imine (C=N–C) groups is 1. The van der Waals surface area contributed by atoms with Crippen molar-refractivity contribution in [1.29, 1.82) is 0 Å². The summed E-state index contributed by atoms with van der Waals surface area (Å²) in [7, 11) is 0. The molecule has 0 unspecified atom stereocenters. The molecule has 31 heavy (non-hydrogen) atoms. The molecule has 0 amide bonds. The Bertz CT molecular complexity index is 766.